The molecule has 0 saturated heterocycles. The van der Waals surface area contributed by atoms with Crippen molar-refractivity contribution in [2.75, 3.05) is 19.8 Å². The van der Waals surface area contributed by atoms with Gasteiger partial charge in [0.25, 0.3) is 0 Å². The Morgan fingerprint density at radius 2 is 1.94 bits per heavy atom. The van der Waals surface area contributed by atoms with Crippen molar-refractivity contribution in [3.63, 3.8) is 0 Å². The van der Waals surface area contributed by atoms with Gasteiger partial charge in [-0.2, -0.15) is 0 Å². The van der Waals surface area contributed by atoms with E-state index in [0.717, 1.165) is 6.42 Å². The van der Waals surface area contributed by atoms with Gasteiger partial charge in [0.1, 0.15) is 0 Å². The Morgan fingerprint density at radius 3 is 2.53 bits per heavy atom. The van der Waals surface area contributed by atoms with Gasteiger partial charge >= 0.3 is 0 Å². The molecule has 0 heterocycles. The lowest BCUT2D eigenvalue weighted by Gasteiger charge is -2.21. The predicted molar refractivity (Wildman–Crippen MR) is 70.1 cm³/mol. The second-order valence-corrected chi connectivity index (χ2v) is 4.51. The third-order valence-electron chi connectivity index (χ3n) is 2.45. The minimum atomic E-state index is 0.0831. The van der Waals surface area contributed by atoms with Crippen LogP contribution in [0.2, 0.25) is 0 Å². The smallest absolute Gasteiger partial charge is 0.0698 e. The van der Waals surface area contributed by atoms with Crippen molar-refractivity contribution in [1.82, 2.24) is 5.32 Å². The molecule has 0 spiro atoms. The zero-order valence-corrected chi connectivity index (χ0v) is 10.7. The van der Waals surface area contributed by atoms with E-state index in [1.165, 1.54) is 5.56 Å². The van der Waals surface area contributed by atoms with Crippen LogP contribution in [0, 0.1) is 0 Å². The van der Waals surface area contributed by atoms with Crippen LogP contribution in [-0.4, -0.2) is 37.0 Å². The molecule has 0 aromatic heterocycles. The van der Waals surface area contributed by atoms with Gasteiger partial charge in [0.15, 0.2) is 0 Å². The van der Waals surface area contributed by atoms with Gasteiger partial charge in [0.2, 0.25) is 0 Å². The molecule has 0 aliphatic rings. The summed E-state index contributed by atoms with van der Waals surface area (Å²) >= 11 is 0. The highest BCUT2D eigenvalue weighted by Gasteiger charge is 2.10. The first-order valence-electron chi connectivity index (χ1n) is 6.21. The highest BCUT2D eigenvalue weighted by atomic mass is 16.5. The third kappa shape index (κ3) is 6.41. The topological polar surface area (TPSA) is 41.5 Å². The molecule has 0 saturated carbocycles. The number of rotatable bonds is 8. The molecule has 3 heteroatoms. The SMILES string of the molecule is CC(C)NC(COCCO)Cc1ccccc1. The number of ether oxygens (including phenoxy) is 1. The summed E-state index contributed by atoms with van der Waals surface area (Å²) in [5.74, 6) is 0. The Bertz CT molecular complexity index is 288. The van der Waals surface area contributed by atoms with E-state index >= 15 is 0 Å². The summed E-state index contributed by atoms with van der Waals surface area (Å²) in [6.07, 6.45) is 0.949. The largest absolute Gasteiger partial charge is 0.394 e. The maximum Gasteiger partial charge on any atom is 0.0698 e. The van der Waals surface area contributed by atoms with Crippen LogP contribution < -0.4 is 5.32 Å². The molecule has 96 valence electrons. The molecule has 2 N–H and O–H groups in total. The first kappa shape index (κ1) is 14.2. The van der Waals surface area contributed by atoms with Gasteiger partial charge in [-0.3, -0.25) is 0 Å². The molecule has 0 fully saturated rings. The Kier molecular flexibility index (Phi) is 6.86. The van der Waals surface area contributed by atoms with Crippen LogP contribution in [0.1, 0.15) is 19.4 Å². The summed E-state index contributed by atoms with van der Waals surface area (Å²) in [5.41, 5.74) is 1.30. The van der Waals surface area contributed by atoms with Gasteiger partial charge < -0.3 is 15.2 Å². The fourth-order valence-electron chi connectivity index (χ4n) is 1.83. The second-order valence-electron chi connectivity index (χ2n) is 4.51. The summed E-state index contributed by atoms with van der Waals surface area (Å²) in [6.45, 7) is 5.38. The lowest BCUT2D eigenvalue weighted by molar-refractivity contribution is 0.0751. The molecule has 0 amide bonds. The van der Waals surface area contributed by atoms with Crippen LogP contribution in [0.15, 0.2) is 30.3 Å². The molecule has 1 atom stereocenters. The average Bonchev–Trinajstić information content (AvgIpc) is 2.30. The fourth-order valence-corrected chi connectivity index (χ4v) is 1.83. The number of aliphatic hydroxyl groups excluding tert-OH is 1. The summed E-state index contributed by atoms with van der Waals surface area (Å²) in [6, 6.07) is 11.1. The van der Waals surface area contributed by atoms with E-state index in [0.29, 0.717) is 25.3 Å². The number of hydrogen-bond acceptors (Lipinski definition) is 3. The zero-order valence-electron chi connectivity index (χ0n) is 10.7. The van der Waals surface area contributed by atoms with E-state index in [9.17, 15) is 0 Å². The molecule has 0 aliphatic heterocycles. The number of nitrogens with one attached hydrogen (secondary N) is 1. The van der Waals surface area contributed by atoms with E-state index in [-0.39, 0.29) is 6.61 Å². The molecule has 1 unspecified atom stereocenters. The first-order chi connectivity index (χ1) is 8.22. The van der Waals surface area contributed by atoms with E-state index in [1.54, 1.807) is 0 Å². The minimum absolute atomic E-state index is 0.0831. The predicted octanol–water partition coefficient (Wildman–Crippen LogP) is 1.60. The molecule has 1 rings (SSSR count). The quantitative estimate of drug-likeness (QED) is 0.675. The molecule has 0 bridgehead atoms. The van der Waals surface area contributed by atoms with Crippen molar-refractivity contribution >= 4 is 0 Å². The molecule has 1 aromatic rings. The van der Waals surface area contributed by atoms with Crippen molar-refractivity contribution in [2.45, 2.75) is 32.4 Å². The summed E-state index contributed by atoms with van der Waals surface area (Å²) in [5, 5.41) is 12.2. The second kappa shape index (κ2) is 8.23. The first-order valence-corrected chi connectivity index (χ1v) is 6.21. The Morgan fingerprint density at radius 1 is 1.24 bits per heavy atom. The van der Waals surface area contributed by atoms with Crippen LogP contribution >= 0.6 is 0 Å². The van der Waals surface area contributed by atoms with Crippen molar-refractivity contribution in [2.24, 2.45) is 0 Å². The van der Waals surface area contributed by atoms with E-state index in [4.69, 9.17) is 9.84 Å². The molecule has 17 heavy (non-hydrogen) atoms. The summed E-state index contributed by atoms with van der Waals surface area (Å²) in [7, 11) is 0. The molecule has 0 radical (unpaired) electrons. The van der Waals surface area contributed by atoms with Gasteiger partial charge in [0.05, 0.1) is 19.8 Å². The average molecular weight is 237 g/mol. The summed E-state index contributed by atoms with van der Waals surface area (Å²) in [4.78, 5) is 0. The van der Waals surface area contributed by atoms with Gasteiger partial charge in [-0.05, 0) is 12.0 Å². The fraction of sp³-hybridized carbons (Fsp3) is 0.571. The monoisotopic (exact) mass is 237 g/mol. The van der Waals surface area contributed by atoms with Gasteiger partial charge in [-0.1, -0.05) is 44.2 Å². The maximum atomic E-state index is 8.71. The van der Waals surface area contributed by atoms with E-state index < -0.39 is 0 Å². The van der Waals surface area contributed by atoms with Crippen molar-refractivity contribution in [3.05, 3.63) is 35.9 Å². The number of hydrogen-bond donors (Lipinski definition) is 2. The molecular weight excluding hydrogens is 214 g/mol. The summed E-state index contributed by atoms with van der Waals surface area (Å²) < 4.78 is 5.41. The molecule has 3 nitrogen and oxygen atoms in total. The number of aliphatic hydroxyl groups is 1. The van der Waals surface area contributed by atoms with Crippen molar-refractivity contribution in [3.8, 4) is 0 Å². The van der Waals surface area contributed by atoms with Crippen molar-refractivity contribution < 1.29 is 9.84 Å². The highest BCUT2D eigenvalue weighted by Crippen LogP contribution is 2.04. The normalized spacial score (nSPS) is 12.9. The van der Waals surface area contributed by atoms with Crippen LogP contribution in [0.3, 0.4) is 0 Å². The highest BCUT2D eigenvalue weighted by molar-refractivity contribution is 5.15. The van der Waals surface area contributed by atoms with Crippen LogP contribution in [-0.2, 0) is 11.2 Å². The zero-order chi connectivity index (χ0) is 12.5. The van der Waals surface area contributed by atoms with Crippen LogP contribution in [0.25, 0.3) is 0 Å². The Balaban J connectivity index is 2.45. The minimum Gasteiger partial charge on any atom is -0.394 e. The maximum absolute atomic E-state index is 8.71. The van der Waals surface area contributed by atoms with Crippen LogP contribution in [0.4, 0.5) is 0 Å². The molecular formula is C14H23NO2. The number of benzene rings is 1. The van der Waals surface area contributed by atoms with Gasteiger partial charge in [0, 0.05) is 12.1 Å². The lowest BCUT2D eigenvalue weighted by Crippen LogP contribution is -2.40. The van der Waals surface area contributed by atoms with E-state index in [2.05, 4.69) is 43.4 Å². The van der Waals surface area contributed by atoms with Gasteiger partial charge in [-0.25, -0.2) is 0 Å². The lowest BCUT2D eigenvalue weighted by atomic mass is 10.1. The Hall–Kier alpha value is -0.900. The van der Waals surface area contributed by atoms with Crippen LogP contribution in [0.5, 0.6) is 0 Å². The molecule has 1 aromatic carbocycles. The van der Waals surface area contributed by atoms with E-state index in [1.807, 2.05) is 6.07 Å². The third-order valence-corrected chi connectivity index (χ3v) is 2.45. The van der Waals surface area contributed by atoms with Crippen molar-refractivity contribution in [1.29, 1.82) is 0 Å². The Labute approximate surface area is 104 Å². The standard InChI is InChI=1S/C14H23NO2/c1-12(2)15-14(11-17-9-8-16)10-13-6-4-3-5-7-13/h3-7,12,14-16H,8-11H2,1-2H3. The molecule has 0 aliphatic carbocycles. The van der Waals surface area contributed by atoms with Gasteiger partial charge in [-0.15, -0.1) is 0 Å².